The molecule has 2 fully saturated rings. The van der Waals surface area contributed by atoms with Crippen LogP contribution < -0.4 is 10.1 Å². The van der Waals surface area contributed by atoms with Gasteiger partial charge in [-0.3, -0.25) is 19.2 Å². The number of carboxylic acids is 1. The van der Waals surface area contributed by atoms with E-state index in [-0.39, 0.29) is 33.6 Å². The molecular formula is C41H46N2O18. The monoisotopic (exact) mass is 854 g/mol. The van der Waals surface area contributed by atoms with Gasteiger partial charge in [0.05, 0.1) is 42.6 Å². The average Bonchev–Trinajstić information content (AvgIpc) is 3.19. The maximum atomic E-state index is 14.1. The zero-order chi connectivity index (χ0) is 44.7. The van der Waals surface area contributed by atoms with E-state index in [9.17, 15) is 65.1 Å². The highest BCUT2D eigenvalue weighted by molar-refractivity contribution is 6.31. The van der Waals surface area contributed by atoms with Crippen molar-refractivity contribution >= 4 is 23.4 Å². The quantitative estimate of drug-likeness (QED) is 0.104. The number of fused-ring (bicyclic) bond motifs is 5. The summed E-state index contributed by atoms with van der Waals surface area (Å²) in [5, 5.41) is 102. The van der Waals surface area contributed by atoms with Crippen molar-refractivity contribution < 1.29 is 88.8 Å². The standard InChI is InChI=1S/C41H46N2O18/c1-12-7-19-25(32(50)22(12)38(54)42-13(2)39(55)56)24-17(10-18-26(33(24)51)29(47)16-8-15(57-6)9-20(44)23(16)28(18)46)30(48)36(19)60-41-35(53)37(27(43(4)5)14(3)59-41)61-40-34(52)31(49)21(45)11-58-40/h7-10,13-14,21,27,30-31,34-37,40-41,44-45,48-53H,11H2,1-6H3,(H,42,54)(H,55,56)/t13-,14-,21-,27+,30+,31+,34-,35-,36+,37+,40+,41+/m1/s1. The molecule has 0 unspecified atom stereocenters. The smallest absolute Gasteiger partial charge is 0.325 e. The molecule has 0 aromatic heterocycles. The van der Waals surface area contributed by atoms with Crippen LogP contribution in [0.3, 0.4) is 0 Å². The van der Waals surface area contributed by atoms with Gasteiger partial charge in [0.1, 0.15) is 71.8 Å². The summed E-state index contributed by atoms with van der Waals surface area (Å²) in [4.78, 5) is 55.1. The van der Waals surface area contributed by atoms with Gasteiger partial charge in [0.2, 0.25) is 0 Å². The lowest BCUT2D eigenvalue weighted by Crippen LogP contribution is -2.65. The fourth-order valence-electron chi connectivity index (χ4n) is 8.59. The first-order valence-corrected chi connectivity index (χ1v) is 19.1. The lowest BCUT2D eigenvalue weighted by molar-refractivity contribution is -0.345. The van der Waals surface area contributed by atoms with Crippen LogP contribution in [0.25, 0.3) is 11.1 Å². The molecule has 2 heterocycles. The number of phenols is 3. The van der Waals surface area contributed by atoms with Gasteiger partial charge < -0.3 is 79.9 Å². The largest absolute Gasteiger partial charge is 0.507 e. The highest BCUT2D eigenvalue weighted by atomic mass is 16.7. The van der Waals surface area contributed by atoms with Gasteiger partial charge >= 0.3 is 5.97 Å². The van der Waals surface area contributed by atoms with E-state index in [4.69, 9.17) is 23.7 Å². The van der Waals surface area contributed by atoms with Crippen LogP contribution in [0, 0.1) is 6.92 Å². The summed E-state index contributed by atoms with van der Waals surface area (Å²) in [5.74, 6) is -6.62. The molecule has 3 aromatic rings. The fraction of sp³-hybridized carbons (Fsp3) is 0.463. The topological polar surface area (TPSA) is 312 Å². The number of hydrogen-bond donors (Lipinski definition) is 10. The molecule has 4 aliphatic rings. The summed E-state index contributed by atoms with van der Waals surface area (Å²) in [6, 6.07) is 2.50. The third kappa shape index (κ3) is 7.17. The fourth-order valence-corrected chi connectivity index (χ4v) is 8.59. The molecular weight excluding hydrogens is 808 g/mol. The van der Waals surface area contributed by atoms with Gasteiger partial charge in [-0.25, -0.2) is 0 Å². The van der Waals surface area contributed by atoms with E-state index in [0.717, 1.165) is 12.1 Å². The van der Waals surface area contributed by atoms with Crippen molar-refractivity contribution in [2.45, 2.75) is 94.3 Å². The van der Waals surface area contributed by atoms with Gasteiger partial charge in [-0.15, -0.1) is 0 Å². The molecule has 2 aliphatic carbocycles. The number of likely N-dealkylation sites (N-methyl/N-ethyl adjacent to an activating group) is 1. The normalized spacial score (nSPS) is 29.9. The molecule has 20 heteroatoms. The second kappa shape index (κ2) is 16.2. The first-order chi connectivity index (χ1) is 28.7. The number of ether oxygens (including phenoxy) is 5. The third-order valence-electron chi connectivity index (χ3n) is 11.6. The second-order valence-electron chi connectivity index (χ2n) is 15.8. The number of phenolic OH excluding ortho intramolecular Hbond substituents is 3. The molecule has 1 amide bonds. The molecule has 0 saturated carbocycles. The molecule has 0 spiro atoms. The molecule has 0 radical (unpaired) electrons. The predicted molar refractivity (Wildman–Crippen MR) is 205 cm³/mol. The van der Waals surface area contributed by atoms with Crippen LogP contribution in [0.15, 0.2) is 24.3 Å². The Morgan fingerprint density at radius 3 is 2.11 bits per heavy atom. The van der Waals surface area contributed by atoms with Gasteiger partial charge in [0.15, 0.2) is 24.1 Å². The van der Waals surface area contributed by atoms with Crippen molar-refractivity contribution in [3.63, 3.8) is 0 Å². The Balaban J connectivity index is 1.37. The number of nitrogens with one attached hydrogen (secondary N) is 1. The number of methoxy groups -OCH3 is 1. The van der Waals surface area contributed by atoms with E-state index >= 15 is 0 Å². The molecule has 12 atom stereocenters. The molecule has 7 rings (SSSR count). The molecule has 2 aliphatic heterocycles. The zero-order valence-electron chi connectivity index (χ0n) is 33.6. The molecule has 3 aromatic carbocycles. The highest BCUT2D eigenvalue weighted by Gasteiger charge is 2.52. The zero-order valence-corrected chi connectivity index (χ0v) is 33.6. The number of aliphatic hydroxyl groups is 5. The Morgan fingerprint density at radius 2 is 1.48 bits per heavy atom. The Kier molecular flexibility index (Phi) is 11.6. The molecule has 20 nitrogen and oxygen atoms in total. The summed E-state index contributed by atoms with van der Waals surface area (Å²) in [6.07, 6.45) is -15.5. The minimum atomic E-state index is -1.89. The lowest BCUT2D eigenvalue weighted by atomic mass is 9.74. The maximum Gasteiger partial charge on any atom is 0.325 e. The van der Waals surface area contributed by atoms with Gasteiger partial charge in [0, 0.05) is 28.3 Å². The van der Waals surface area contributed by atoms with E-state index in [1.807, 2.05) is 0 Å². The Labute approximate surface area is 347 Å². The van der Waals surface area contributed by atoms with Crippen LogP contribution in [0.2, 0.25) is 0 Å². The number of ketones is 2. The van der Waals surface area contributed by atoms with Crippen molar-refractivity contribution in [1.82, 2.24) is 10.2 Å². The van der Waals surface area contributed by atoms with E-state index in [1.54, 1.807) is 25.9 Å². The Morgan fingerprint density at radius 1 is 0.836 bits per heavy atom. The SMILES string of the molecule is COc1cc(O)c2c(c1)C(=O)c1c(cc3c(c1O)-c1c(cc(C)c(C(=O)N[C@H](C)C(=O)O)c1O)[C@H](O[C@@H]1O[C@H](C)[C@H](N(C)C)[C@H](O[C@@H]4OC[C@@H](O)[C@H](O)[C@H]4O)[C@H]1O)[C@H]3O)C2=O. The number of carbonyl (C=O) groups excluding carboxylic acids is 3. The van der Waals surface area contributed by atoms with Crippen LogP contribution in [0.4, 0.5) is 0 Å². The number of carboxylic acid groups (broad SMARTS) is 1. The van der Waals surface area contributed by atoms with Gasteiger partial charge in [0.25, 0.3) is 5.91 Å². The number of carbonyl (C=O) groups is 4. The van der Waals surface area contributed by atoms with Crippen LogP contribution in [0.5, 0.6) is 23.0 Å². The molecule has 328 valence electrons. The summed E-state index contributed by atoms with van der Waals surface area (Å²) in [7, 11) is 4.59. The van der Waals surface area contributed by atoms with Crippen LogP contribution >= 0.6 is 0 Å². The van der Waals surface area contributed by atoms with Crippen LogP contribution in [0.1, 0.15) is 84.9 Å². The van der Waals surface area contributed by atoms with Crippen LogP contribution in [-0.4, -0.2) is 163 Å². The van der Waals surface area contributed by atoms with E-state index < -0.39 is 149 Å². The Bertz CT molecular complexity index is 2310. The van der Waals surface area contributed by atoms with E-state index in [0.29, 0.717) is 0 Å². The van der Waals surface area contributed by atoms with Crippen molar-refractivity contribution in [3.05, 3.63) is 68.8 Å². The van der Waals surface area contributed by atoms with Crippen molar-refractivity contribution in [2.75, 3.05) is 27.8 Å². The van der Waals surface area contributed by atoms with Crippen molar-refractivity contribution in [2.24, 2.45) is 0 Å². The predicted octanol–water partition coefficient (Wildman–Crippen LogP) is -0.269. The summed E-state index contributed by atoms with van der Waals surface area (Å²) >= 11 is 0. The number of benzene rings is 3. The maximum absolute atomic E-state index is 14.1. The summed E-state index contributed by atoms with van der Waals surface area (Å²) in [6.45, 7) is 3.80. The average molecular weight is 855 g/mol. The van der Waals surface area contributed by atoms with Crippen LogP contribution in [-0.2, 0) is 23.7 Å². The highest BCUT2D eigenvalue weighted by Crippen LogP contribution is 2.57. The number of aliphatic hydroxyl groups excluding tert-OH is 5. The Hall–Kier alpha value is -5.26. The number of amides is 1. The molecule has 10 N–H and O–H groups in total. The minimum Gasteiger partial charge on any atom is -0.507 e. The minimum absolute atomic E-state index is 0.0169. The second-order valence-corrected chi connectivity index (χ2v) is 15.8. The lowest BCUT2D eigenvalue weighted by Gasteiger charge is -2.49. The summed E-state index contributed by atoms with van der Waals surface area (Å²) < 4.78 is 29.2. The van der Waals surface area contributed by atoms with Crippen molar-refractivity contribution in [3.8, 4) is 34.1 Å². The van der Waals surface area contributed by atoms with Gasteiger partial charge in [-0.05, 0) is 63.7 Å². The third-order valence-corrected chi connectivity index (χ3v) is 11.6. The number of rotatable bonds is 9. The molecule has 0 bridgehead atoms. The van der Waals surface area contributed by atoms with E-state index in [2.05, 4.69) is 5.32 Å². The molecule has 61 heavy (non-hydrogen) atoms. The van der Waals surface area contributed by atoms with Gasteiger partial charge in [-0.2, -0.15) is 0 Å². The number of hydrogen-bond acceptors (Lipinski definition) is 18. The number of aryl methyl sites for hydroxylation is 1. The first kappa shape index (κ1) is 43.8. The van der Waals surface area contributed by atoms with Crippen molar-refractivity contribution in [1.29, 1.82) is 0 Å². The number of aromatic hydroxyl groups is 3. The summed E-state index contributed by atoms with van der Waals surface area (Å²) in [5.41, 5.74) is -3.34. The first-order valence-electron chi connectivity index (χ1n) is 19.1. The van der Waals surface area contributed by atoms with E-state index in [1.165, 1.54) is 33.1 Å². The molecule has 2 saturated heterocycles. The number of nitrogens with zero attached hydrogens (tertiary/aromatic N) is 1. The van der Waals surface area contributed by atoms with Gasteiger partial charge in [-0.1, -0.05) is 6.07 Å². The number of aliphatic carboxylic acids is 1.